The molecule has 0 saturated carbocycles. The van der Waals surface area contributed by atoms with Gasteiger partial charge in [-0.3, -0.25) is 4.79 Å². The molecule has 2 N–H and O–H groups in total. The van der Waals surface area contributed by atoms with Crippen molar-refractivity contribution in [1.82, 2.24) is 5.32 Å². The molecule has 5 nitrogen and oxygen atoms in total. The largest absolute Gasteiger partial charge is 0.477 e. The third-order valence-electron chi connectivity index (χ3n) is 1.96. The molecule has 102 valence electrons. The van der Waals surface area contributed by atoms with Crippen LogP contribution in [0.1, 0.15) is 12.5 Å². The minimum absolute atomic E-state index is 0.0384. The lowest BCUT2D eigenvalue weighted by molar-refractivity contribution is -0.134. The molecule has 0 aliphatic heterocycles. The quantitative estimate of drug-likeness (QED) is 0.801. The predicted octanol–water partition coefficient (Wildman–Crippen LogP) is 1.85. The number of benzene rings is 1. The van der Waals surface area contributed by atoms with E-state index in [0.29, 0.717) is 5.56 Å². The van der Waals surface area contributed by atoms with Crippen LogP contribution in [0, 0.1) is 0 Å². The summed E-state index contributed by atoms with van der Waals surface area (Å²) in [7, 11) is 0. The average molecular weight is 271 g/mol. The summed E-state index contributed by atoms with van der Waals surface area (Å²) in [5.74, 6) is -1.86. The molecule has 1 aromatic rings. The zero-order valence-corrected chi connectivity index (χ0v) is 9.89. The Morgan fingerprint density at radius 2 is 1.89 bits per heavy atom. The summed E-state index contributed by atoms with van der Waals surface area (Å²) in [6, 6.07) is 5.32. The molecule has 19 heavy (non-hydrogen) atoms. The van der Waals surface area contributed by atoms with Crippen LogP contribution in [0.2, 0.25) is 0 Å². The van der Waals surface area contributed by atoms with E-state index >= 15 is 0 Å². The number of carboxylic acid groups (broad SMARTS) is 1. The molecule has 0 unspecified atom stereocenters. The van der Waals surface area contributed by atoms with E-state index in [1.807, 2.05) is 0 Å². The molecule has 0 spiro atoms. The van der Waals surface area contributed by atoms with E-state index in [1.165, 1.54) is 37.3 Å². The Kier molecular flexibility index (Phi) is 4.99. The molecule has 0 aliphatic rings. The number of alkyl halides is 2. The van der Waals surface area contributed by atoms with Crippen LogP contribution < -0.4 is 10.1 Å². The lowest BCUT2D eigenvalue weighted by atomic mass is 10.2. The number of ether oxygens (including phenoxy) is 1. The zero-order valence-electron chi connectivity index (χ0n) is 9.89. The summed E-state index contributed by atoms with van der Waals surface area (Å²) in [5, 5.41) is 11.0. The number of nitrogens with one attached hydrogen (secondary N) is 1. The molecule has 0 atom stereocenters. The Morgan fingerprint density at radius 1 is 1.32 bits per heavy atom. The van der Waals surface area contributed by atoms with Crippen LogP contribution in [0.25, 0.3) is 6.08 Å². The maximum Gasteiger partial charge on any atom is 0.387 e. The number of carboxylic acids is 1. The third kappa shape index (κ3) is 5.15. The smallest absolute Gasteiger partial charge is 0.387 e. The second-order valence-corrected chi connectivity index (χ2v) is 3.49. The fourth-order valence-electron chi connectivity index (χ4n) is 1.25. The van der Waals surface area contributed by atoms with E-state index in [4.69, 9.17) is 5.11 Å². The molecular formula is C12H11F2NO4. The van der Waals surface area contributed by atoms with Crippen LogP contribution >= 0.6 is 0 Å². The van der Waals surface area contributed by atoms with Gasteiger partial charge in [-0.05, 0) is 23.8 Å². The number of hydrogen-bond acceptors (Lipinski definition) is 3. The third-order valence-corrected chi connectivity index (χ3v) is 1.96. The van der Waals surface area contributed by atoms with Gasteiger partial charge < -0.3 is 15.2 Å². The molecule has 0 aliphatic carbocycles. The number of halogens is 2. The first-order valence-electron chi connectivity index (χ1n) is 5.16. The second-order valence-electron chi connectivity index (χ2n) is 3.49. The summed E-state index contributed by atoms with van der Waals surface area (Å²) in [6.07, 6.45) is 1.20. The minimum Gasteiger partial charge on any atom is -0.477 e. The summed E-state index contributed by atoms with van der Waals surface area (Å²) >= 11 is 0. The van der Waals surface area contributed by atoms with Crippen LogP contribution in [0.4, 0.5) is 8.78 Å². The van der Waals surface area contributed by atoms with E-state index < -0.39 is 18.5 Å². The van der Waals surface area contributed by atoms with Crippen molar-refractivity contribution < 1.29 is 28.2 Å². The normalized spacial score (nSPS) is 11.3. The van der Waals surface area contributed by atoms with Crippen molar-refractivity contribution in [2.24, 2.45) is 0 Å². The van der Waals surface area contributed by atoms with Gasteiger partial charge in [0.2, 0.25) is 5.91 Å². The first-order valence-corrected chi connectivity index (χ1v) is 5.16. The number of amides is 1. The Morgan fingerprint density at radius 3 is 2.32 bits per heavy atom. The molecule has 0 radical (unpaired) electrons. The fourth-order valence-corrected chi connectivity index (χ4v) is 1.25. The molecule has 1 aromatic carbocycles. The number of aliphatic carboxylic acids is 1. The Labute approximate surface area is 107 Å². The summed E-state index contributed by atoms with van der Waals surface area (Å²) < 4.78 is 28.0. The molecule has 7 heteroatoms. The van der Waals surface area contributed by atoms with Crippen molar-refractivity contribution in [3.8, 4) is 5.75 Å². The van der Waals surface area contributed by atoms with Crippen LogP contribution in [-0.2, 0) is 9.59 Å². The molecular weight excluding hydrogens is 260 g/mol. The van der Waals surface area contributed by atoms with Gasteiger partial charge >= 0.3 is 12.6 Å². The van der Waals surface area contributed by atoms with Gasteiger partial charge in [0.25, 0.3) is 0 Å². The number of rotatable bonds is 5. The van der Waals surface area contributed by atoms with Crippen molar-refractivity contribution >= 4 is 18.0 Å². The molecule has 0 fully saturated rings. The molecule has 0 bridgehead atoms. The van der Waals surface area contributed by atoms with Gasteiger partial charge in [0, 0.05) is 6.92 Å². The van der Waals surface area contributed by atoms with E-state index in [1.54, 1.807) is 0 Å². The lowest BCUT2D eigenvalue weighted by Crippen LogP contribution is -2.24. The van der Waals surface area contributed by atoms with E-state index in [9.17, 15) is 18.4 Å². The highest BCUT2D eigenvalue weighted by Gasteiger charge is 2.09. The van der Waals surface area contributed by atoms with E-state index in [2.05, 4.69) is 10.1 Å². The van der Waals surface area contributed by atoms with Crippen LogP contribution in [0.3, 0.4) is 0 Å². The van der Waals surface area contributed by atoms with Gasteiger partial charge in [0.15, 0.2) is 0 Å². The van der Waals surface area contributed by atoms with Gasteiger partial charge in [0.05, 0.1) is 0 Å². The first-order chi connectivity index (χ1) is 8.88. The Hall–Kier alpha value is -2.44. The maximum atomic E-state index is 11.9. The molecule has 0 aromatic heterocycles. The predicted molar refractivity (Wildman–Crippen MR) is 62.5 cm³/mol. The van der Waals surface area contributed by atoms with Crippen molar-refractivity contribution in [3.63, 3.8) is 0 Å². The van der Waals surface area contributed by atoms with Crippen molar-refractivity contribution in [2.75, 3.05) is 0 Å². The Bertz CT molecular complexity index is 497. The van der Waals surface area contributed by atoms with Crippen molar-refractivity contribution in [1.29, 1.82) is 0 Å². The van der Waals surface area contributed by atoms with Gasteiger partial charge in [-0.2, -0.15) is 8.78 Å². The second kappa shape index (κ2) is 6.48. The van der Waals surface area contributed by atoms with Crippen LogP contribution in [-0.4, -0.2) is 23.6 Å². The van der Waals surface area contributed by atoms with Crippen LogP contribution in [0.5, 0.6) is 5.75 Å². The van der Waals surface area contributed by atoms with Crippen molar-refractivity contribution in [2.45, 2.75) is 13.5 Å². The molecule has 1 rings (SSSR count). The lowest BCUT2D eigenvalue weighted by Gasteiger charge is -2.05. The summed E-state index contributed by atoms with van der Waals surface area (Å²) in [4.78, 5) is 21.7. The molecule has 0 heterocycles. The van der Waals surface area contributed by atoms with E-state index in [0.717, 1.165) is 0 Å². The van der Waals surface area contributed by atoms with Crippen molar-refractivity contribution in [3.05, 3.63) is 35.5 Å². The SMILES string of the molecule is CC(=O)N/C(=C/c1ccc(OC(F)F)cc1)C(=O)O. The minimum atomic E-state index is -2.92. The Balaban J connectivity index is 2.89. The van der Waals surface area contributed by atoms with Gasteiger partial charge in [-0.15, -0.1) is 0 Å². The van der Waals surface area contributed by atoms with Gasteiger partial charge in [-0.25, -0.2) is 4.79 Å². The summed E-state index contributed by atoms with van der Waals surface area (Å²) in [5.41, 5.74) is 0.114. The molecule has 1 amide bonds. The highest BCUT2D eigenvalue weighted by molar-refractivity contribution is 5.96. The zero-order chi connectivity index (χ0) is 14.4. The number of carbonyl (C=O) groups is 2. The molecule has 0 saturated heterocycles. The van der Waals surface area contributed by atoms with E-state index in [-0.39, 0.29) is 11.4 Å². The monoisotopic (exact) mass is 271 g/mol. The first kappa shape index (κ1) is 14.6. The average Bonchev–Trinajstić information content (AvgIpc) is 2.29. The standard InChI is InChI=1S/C12H11F2NO4/c1-7(16)15-10(11(17)18)6-8-2-4-9(5-3-8)19-12(13)14/h2-6,12H,1H3,(H,15,16)(H,17,18)/b10-6+. The topological polar surface area (TPSA) is 75.6 Å². The fraction of sp³-hybridized carbons (Fsp3) is 0.167. The maximum absolute atomic E-state index is 11.9. The number of hydrogen-bond donors (Lipinski definition) is 2. The summed E-state index contributed by atoms with van der Waals surface area (Å²) in [6.45, 7) is -1.74. The van der Waals surface area contributed by atoms with Gasteiger partial charge in [-0.1, -0.05) is 12.1 Å². The van der Waals surface area contributed by atoms with Gasteiger partial charge in [0.1, 0.15) is 11.4 Å². The highest BCUT2D eigenvalue weighted by Crippen LogP contribution is 2.16. The number of carbonyl (C=O) groups excluding carboxylic acids is 1. The van der Waals surface area contributed by atoms with Crippen LogP contribution in [0.15, 0.2) is 30.0 Å². The highest BCUT2D eigenvalue weighted by atomic mass is 19.3.